The zero-order chi connectivity index (χ0) is 25.4. The predicted molar refractivity (Wildman–Crippen MR) is 157 cm³/mol. The molecule has 0 bridgehead atoms. The maximum atomic E-state index is 8.90. The van der Waals surface area contributed by atoms with Gasteiger partial charge in [-0.15, -0.1) is 15.8 Å². The van der Waals surface area contributed by atoms with E-state index in [0.29, 0.717) is 25.9 Å². The predicted octanol–water partition coefficient (Wildman–Crippen LogP) is 7.76. The summed E-state index contributed by atoms with van der Waals surface area (Å²) in [6.07, 6.45) is 17.7. The maximum absolute atomic E-state index is 8.90. The van der Waals surface area contributed by atoms with E-state index in [-0.39, 0.29) is 23.8 Å². The van der Waals surface area contributed by atoms with Gasteiger partial charge >= 0.3 is 0 Å². The first-order valence-corrected chi connectivity index (χ1v) is 18.4. The molecule has 0 amide bonds. The van der Waals surface area contributed by atoms with E-state index in [1.54, 1.807) is 0 Å². The van der Waals surface area contributed by atoms with Gasteiger partial charge in [-0.3, -0.25) is 0 Å². The molecule has 0 saturated heterocycles. The molecule has 4 nitrogen and oxygen atoms in total. The molecule has 0 aromatic heterocycles. The molecule has 1 aromatic rings. The summed E-state index contributed by atoms with van der Waals surface area (Å²) in [6, 6.07) is 15.6. The van der Waals surface area contributed by atoms with Crippen LogP contribution in [0.15, 0.2) is 30.3 Å². The normalized spacial score (nSPS) is 11.5. The zero-order valence-electron chi connectivity index (χ0n) is 21.2. The molecule has 0 saturated carbocycles. The largest absolute Gasteiger partial charge is 0.317 e. The summed E-state index contributed by atoms with van der Waals surface area (Å²) >= 11 is 0. The number of benzene rings is 1. The van der Waals surface area contributed by atoms with Crippen LogP contribution in [0.25, 0.3) is 9.69 Å². The van der Waals surface area contributed by atoms with Crippen molar-refractivity contribution in [3.63, 3.8) is 0 Å². The lowest BCUT2D eigenvalue weighted by Crippen LogP contribution is -2.09. The van der Waals surface area contributed by atoms with Gasteiger partial charge in [0.2, 0.25) is 13.1 Å². The van der Waals surface area contributed by atoms with Crippen molar-refractivity contribution in [2.24, 2.45) is 0 Å². The summed E-state index contributed by atoms with van der Waals surface area (Å²) in [5.41, 5.74) is 0. The van der Waals surface area contributed by atoms with Crippen molar-refractivity contribution in [3.05, 3.63) is 53.2 Å². The van der Waals surface area contributed by atoms with Crippen LogP contribution >= 0.6 is 23.8 Å². The minimum absolute atomic E-state index is 0.0498. The standard InChI is InChI=1S/C28H41N4P3/c1-31-18-10-22-34(23-11-19-32-2)25-13-27-35(28-14-4-3-5-15-28)26-12-24-33(20-8-6-16-29)21-9-7-17-30/h3-5,14-15H,6-13,18-27H2. The lowest BCUT2D eigenvalue weighted by molar-refractivity contribution is 0.934. The molecule has 0 aliphatic heterocycles. The Kier molecular flexibility index (Phi) is 20.6. The molecule has 0 aliphatic rings. The van der Waals surface area contributed by atoms with E-state index >= 15 is 0 Å². The number of nitriles is 2. The molecule has 0 spiro atoms. The van der Waals surface area contributed by atoms with E-state index in [2.05, 4.69) is 52.2 Å². The quantitative estimate of drug-likeness (QED) is 0.0934. The van der Waals surface area contributed by atoms with Crippen molar-refractivity contribution in [1.29, 1.82) is 10.5 Å². The monoisotopic (exact) mass is 526 g/mol. The molecule has 0 heterocycles. The second kappa shape index (κ2) is 22.9. The minimum atomic E-state index is -0.162. The number of nitrogens with zero attached hydrogens (tertiary/aromatic N) is 4. The molecule has 0 fully saturated rings. The van der Waals surface area contributed by atoms with Gasteiger partial charge in [0, 0.05) is 25.7 Å². The molecule has 1 unspecified atom stereocenters. The van der Waals surface area contributed by atoms with Crippen LogP contribution in [0.1, 0.15) is 51.4 Å². The second-order valence-corrected chi connectivity index (χ2v) is 16.6. The van der Waals surface area contributed by atoms with Crippen LogP contribution in [0.5, 0.6) is 0 Å². The first kappa shape index (κ1) is 31.5. The molecular formula is C28H41N4P3. The molecule has 0 aliphatic carbocycles. The number of unbranched alkanes of at least 4 members (excludes halogenated alkanes) is 2. The van der Waals surface area contributed by atoms with Crippen molar-refractivity contribution in [1.82, 2.24) is 0 Å². The van der Waals surface area contributed by atoms with Gasteiger partial charge in [-0.2, -0.15) is 10.5 Å². The Morgan fingerprint density at radius 2 is 1.03 bits per heavy atom. The van der Waals surface area contributed by atoms with Crippen LogP contribution in [-0.4, -0.2) is 62.4 Å². The fourth-order valence-corrected chi connectivity index (χ4v) is 12.0. The molecule has 1 aromatic carbocycles. The summed E-state index contributed by atoms with van der Waals surface area (Å²) < 4.78 is 0. The minimum Gasteiger partial charge on any atom is -0.317 e. The third kappa shape index (κ3) is 16.7. The average Bonchev–Trinajstić information content (AvgIpc) is 2.88. The summed E-state index contributed by atoms with van der Waals surface area (Å²) in [4.78, 5) is 7.06. The van der Waals surface area contributed by atoms with Crippen LogP contribution in [0.3, 0.4) is 0 Å². The Morgan fingerprint density at radius 1 is 0.600 bits per heavy atom. The van der Waals surface area contributed by atoms with Crippen LogP contribution in [0, 0.1) is 35.8 Å². The molecule has 188 valence electrons. The van der Waals surface area contributed by atoms with E-state index in [1.165, 1.54) is 67.4 Å². The van der Waals surface area contributed by atoms with Crippen LogP contribution in [0.4, 0.5) is 0 Å². The van der Waals surface area contributed by atoms with E-state index in [1.807, 2.05) is 0 Å². The van der Waals surface area contributed by atoms with Gasteiger partial charge in [0.25, 0.3) is 0 Å². The van der Waals surface area contributed by atoms with Gasteiger partial charge in [-0.05, 0) is 80.3 Å². The van der Waals surface area contributed by atoms with Crippen molar-refractivity contribution in [2.75, 3.05) is 62.4 Å². The average molecular weight is 527 g/mol. The van der Waals surface area contributed by atoms with Gasteiger partial charge in [-0.1, -0.05) is 38.3 Å². The highest BCUT2D eigenvalue weighted by atomic mass is 31.1. The highest BCUT2D eigenvalue weighted by Gasteiger charge is 2.15. The maximum Gasteiger partial charge on any atom is 0.215 e. The van der Waals surface area contributed by atoms with E-state index in [9.17, 15) is 0 Å². The summed E-state index contributed by atoms with van der Waals surface area (Å²) in [5.74, 6) is 0. The SMILES string of the molecule is [C-]#[N+]CCCP(CCC[N+]#[C-])CCCP(CCCP(CCCC#N)CCCC#N)c1ccccc1. The van der Waals surface area contributed by atoms with Crippen molar-refractivity contribution in [3.8, 4) is 12.1 Å². The third-order valence-electron chi connectivity index (χ3n) is 5.94. The Morgan fingerprint density at radius 3 is 1.46 bits per heavy atom. The van der Waals surface area contributed by atoms with Crippen LogP contribution in [-0.2, 0) is 0 Å². The number of rotatable bonds is 21. The Balaban J connectivity index is 2.62. The lowest BCUT2D eigenvalue weighted by Gasteiger charge is -2.22. The first-order valence-electron chi connectivity index (χ1n) is 12.9. The molecular weight excluding hydrogens is 485 g/mol. The first-order chi connectivity index (χ1) is 17.2. The van der Waals surface area contributed by atoms with Crippen molar-refractivity contribution in [2.45, 2.75) is 51.4 Å². The topological polar surface area (TPSA) is 56.3 Å². The Bertz CT molecular complexity index is 730. The molecule has 7 heteroatoms. The fourth-order valence-electron chi connectivity index (χ4n) is 4.16. The summed E-state index contributed by atoms with van der Waals surface area (Å²) in [5, 5.41) is 19.3. The third-order valence-corrected chi connectivity index (χ3v) is 14.4. The lowest BCUT2D eigenvalue weighted by atomic mass is 10.4. The Hall–Kier alpha value is -1.53. The van der Waals surface area contributed by atoms with Crippen molar-refractivity contribution >= 4 is 29.1 Å². The van der Waals surface area contributed by atoms with E-state index < -0.39 is 0 Å². The van der Waals surface area contributed by atoms with Gasteiger partial charge in [0.15, 0.2) is 0 Å². The van der Waals surface area contributed by atoms with Gasteiger partial charge in [0.1, 0.15) is 0 Å². The Labute approximate surface area is 218 Å². The highest BCUT2D eigenvalue weighted by Crippen LogP contribution is 2.44. The van der Waals surface area contributed by atoms with Crippen molar-refractivity contribution < 1.29 is 0 Å². The van der Waals surface area contributed by atoms with Crippen LogP contribution < -0.4 is 5.30 Å². The fraction of sp³-hybridized carbons (Fsp3) is 0.643. The van der Waals surface area contributed by atoms with Gasteiger partial charge in [0.05, 0.1) is 12.1 Å². The number of hydrogen-bond acceptors (Lipinski definition) is 2. The summed E-state index contributed by atoms with van der Waals surface area (Å²) in [7, 11) is -0.273. The highest BCUT2D eigenvalue weighted by molar-refractivity contribution is 7.65. The molecule has 0 N–H and O–H groups in total. The molecule has 1 atom stereocenters. The second-order valence-electron chi connectivity index (χ2n) is 8.71. The van der Waals surface area contributed by atoms with E-state index in [0.717, 1.165) is 25.7 Å². The van der Waals surface area contributed by atoms with Crippen LogP contribution in [0.2, 0.25) is 0 Å². The molecule has 1 rings (SSSR count). The molecule has 0 radical (unpaired) electrons. The molecule has 35 heavy (non-hydrogen) atoms. The summed E-state index contributed by atoms with van der Waals surface area (Å²) in [6.45, 7) is 15.4. The van der Waals surface area contributed by atoms with Gasteiger partial charge < -0.3 is 9.69 Å². The van der Waals surface area contributed by atoms with Gasteiger partial charge in [-0.25, -0.2) is 13.1 Å². The van der Waals surface area contributed by atoms with E-state index in [4.69, 9.17) is 23.7 Å². The smallest absolute Gasteiger partial charge is 0.215 e. The number of hydrogen-bond donors (Lipinski definition) is 0. The zero-order valence-corrected chi connectivity index (χ0v) is 23.9.